The highest BCUT2D eigenvalue weighted by molar-refractivity contribution is 7.88. The summed E-state index contributed by atoms with van der Waals surface area (Å²) >= 11 is 0. The van der Waals surface area contributed by atoms with Crippen LogP contribution in [0.4, 0.5) is 59.8 Å². The number of piperazine rings is 4. The lowest BCUT2D eigenvalue weighted by Crippen LogP contribution is -2.48. The van der Waals surface area contributed by atoms with Gasteiger partial charge < -0.3 is 58.7 Å². The monoisotopic (exact) mass is 1910 g/mol. The molecule has 15 aromatic heterocycles. The smallest absolute Gasteiger partial charge is 0.434 e. The van der Waals surface area contributed by atoms with E-state index >= 15 is 0 Å². The molecule has 5 aliphatic rings. The average molecular weight is 1910 g/mol. The van der Waals surface area contributed by atoms with E-state index < -0.39 is 34.7 Å². The van der Waals surface area contributed by atoms with E-state index in [1.807, 2.05) is 40.5 Å². The fraction of sp³-hybridized carbons (Fsp3) is 0.365. The minimum absolute atomic E-state index is 0.0304. The molecule has 5 saturated heterocycles. The Bertz CT molecular complexity index is 6810. The van der Waals surface area contributed by atoms with E-state index in [-0.39, 0.29) is 65.7 Å². The van der Waals surface area contributed by atoms with Gasteiger partial charge in [0.1, 0.15) is 68.9 Å². The summed E-state index contributed by atoms with van der Waals surface area (Å²) in [7, 11) is -1.74. The Kier molecular flexibility index (Phi) is 28.7. The van der Waals surface area contributed by atoms with E-state index in [0.29, 0.717) is 184 Å². The number of sulfonamides is 1. The van der Waals surface area contributed by atoms with Crippen molar-refractivity contribution >= 4 is 91.0 Å². The molecule has 0 unspecified atom stereocenters. The third-order valence-corrected chi connectivity index (χ3v) is 23.4. The van der Waals surface area contributed by atoms with Crippen LogP contribution < -0.4 is 34.0 Å². The number of ether oxygens (including phenoxy) is 2. The van der Waals surface area contributed by atoms with Crippen molar-refractivity contribution in [1.29, 1.82) is 0 Å². The minimum Gasteiger partial charge on any atom is -0.480 e. The molecule has 714 valence electrons. The van der Waals surface area contributed by atoms with Crippen LogP contribution in [0.5, 0.6) is 5.88 Å². The first kappa shape index (κ1) is 94.7. The molecule has 20 heterocycles. The van der Waals surface area contributed by atoms with Gasteiger partial charge in [-0.05, 0) is 30.3 Å². The van der Waals surface area contributed by atoms with Gasteiger partial charge in [0.05, 0.1) is 107 Å². The second-order valence-corrected chi connectivity index (χ2v) is 33.4. The second kappa shape index (κ2) is 41.6. The van der Waals surface area contributed by atoms with Crippen LogP contribution in [0.1, 0.15) is 63.3 Å². The van der Waals surface area contributed by atoms with Crippen molar-refractivity contribution < 1.29 is 72.9 Å². The van der Waals surface area contributed by atoms with Gasteiger partial charge in [-0.25, -0.2) is 125 Å². The standard InChI is InChI=1S/C17H16F3N7O.C17H19F2N7O3S.C17H17F2N7O.2C17H19N7O2/c1-11(28)25-4-6-26(7-5-25)14-2-3-21-16(24-14)12-8-23-15-9-22-13(10-27(12)15)17(18,19)20;1-30(27,28)23-6-11-9-25(4-5-29-11)14-2-3-20-17(24-14)13-7-22-15-8-21-12(16(18)19)10-26(13)15;1-11(27)24-4-6-25(7-5-24)14-2-3-20-17(23-14)13-8-22-15-9-21-12(16(18)19)10-26(13)15;1-12(25)22-5-7-23(8-6-22)14-3-4-18-17(21-14)13-9-19-15-10-20-16(26-2)11-24(13)15;1-12(26)22-4-6-23(7-5-22)15-2-3-18-17(21-15)14-8-20-16-9-19-13(11-25)10-24(14)16/h2-3,8-10H,4-7H2,1H3;2-3,7-8,10-11,16,23H,4-6,9H2,1H3;2-3,8-10,16H,4-7H2,1H3;3-4,9-11H,5-8H2,1-2H3;2-3,8-10,25H,4-7,11H2,1H3/t;11-;;;/m.1.../s1. The number of halogens is 7. The predicted molar refractivity (Wildman–Crippen MR) is 480 cm³/mol. The summed E-state index contributed by atoms with van der Waals surface area (Å²) in [5.41, 5.74) is 4.13. The maximum Gasteiger partial charge on any atom is 0.434 e. The number of aliphatic hydroxyl groups is 1. The third kappa shape index (κ3) is 22.5. The molecule has 1 atom stereocenters. The van der Waals surface area contributed by atoms with Gasteiger partial charge in [-0.2, -0.15) is 13.2 Å². The van der Waals surface area contributed by atoms with Gasteiger partial charge in [0.15, 0.2) is 63.1 Å². The number of imidazole rings is 5. The quantitative estimate of drug-likeness (QED) is 0.102. The zero-order valence-corrected chi connectivity index (χ0v) is 75.3. The van der Waals surface area contributed by atoms with Crippen molar-refractivity contribution in [3.8, 4) is 63.5 Å². The zero-order chi connectivity index (χ0) is 96.3. The van der Waals surface area contributed by atoms with Crippen LogP contribution in [-0.2, 0) is 46.7 Å². The molecule has 2 N–H and O–H groups in total. The molecule has 0 bridgehead atoms. The minimum atomic E-state index is -4.56. The topological polar surface area (TPSA) is 462 Å². The zero-order valence-electron chi connectivity index (χ0n) is 74.5. The molecular formula is C85H90F7N35O9S. The number of hydrogen-bond acceptors (Lipinski definition) is 34. The lowest BCUT2D eigenvalue weighted by atomic mass is 10.2. The van der Waals surface area contributed by atoms with E-state index in [4.69, 9.17) is 14.5 Å². The highest BCUT2D eigenvalue weighted by Crippen LogP contribution is 2.33. The van der Waals surface area contributed by atoms with Gasteiger partial charge in [-0.15, -0.1) is 0 Å². The number of methoxy groups -OCH3 is 1. The molecule has 0 spiro atoms. The normalized spacial score (nSPS) is 15.6. The van der Waals surface area contributed by atoms with Crippen molar-refractivity contribution in [2.24, 2.45) is 0 Å². The van der Waals surface area contributed by atoms with E-state index in [0.717, 1.165) is 73.7 Å². The Balaban J connectivity index is 0.000000124. The largest absolute Gasteiger partial charge is 0.480 e. The second-order valence-electron chi connectivity index (χ2n) is 31.5. The van der Waals surface area contributed by atoms with Crippen molar-refractivity contribution in [2.75, 3.05) is 169 Å². The van der Waals surface area contributed by atoms with Crippen LogP contribution in [0, 0.1) is 0 Å². The van der Waals surface area contributed by atoms with Crippen molar-refractivity contribution in [3.05, 3.63) is 177 Å². The molecule has 0 radical (unpaired) electrons. The first-order valence-electron chi connectivity index (χ1n) is 42.9. The number of rotatable bonds is 17. The Morgan fingerprint density at radius 1 is 0.409 bits per heavy atom. The number of aromatic nitrogens is 25. The summed E-state index contributed by atoms with van der Waals surface area (Å²) in [4.78, 5) is 148. The molecule has 20 rings (SSSR count). The summed E-state index contributed by atoms with van der Waals surface area (Å²) in [6, 6.07) is 9.02. The first-order chi connectivity index (χ1) is 66.0. The number of nitrogens with one attached hydrogen (secondary N) is 1. The van der Waals surface area contributed by atoms with Crippen LogP contribution in [0.15, 0.2) is 154 Å². The van der Waals surface area contributed by atoms with Crippen LogP contribution in [-0.4, -0.2) is 329 Å². The number of carbonyl (C=O) groups excluding carboxylic acids is 4. The molecule has 52 heteroatoms. The average Bonchev–Trinajstić information content (AvgIpc) is 1.63. The molecule has 137 heavy (non-hydrogen) atoms. The number of hydrogen-bond donors (Lipinski definition) is 2. The highest BCUT2D eigenvalue weighted by Gasteiger charge is 2.35. The van der Waals surface area contributed by atoms with Crippen LogP contribution >= 0.6 is 0 Å². The van der Waals surface area contributed by atoms with Gasteiger partial charge in [-0.3, -0.25) is 46.2 Å². The molecular weight excluding hydrogens is 1820 g/mol. The lowest BCUT2D eigenvalue weighted by molar-refractivity contribution is -0.141. The van der Waals surface area contributed by atoms with Gasteiger partial charge in [0.25, 0.3) is 12.9 Å². The molecule has 5 fully saturated rings. The number of fused-ring (bicyclic) bond motifs is 5. The Hall–Kier alpha value is -15.5. The Labute approximate surface area is 775 Å². The molecule has 4 amide bonds. The fourth-order valence-electron chi connectivity index (χ4n) is 15.4. The summed E-state index contributed by atoms with van der Waals surface area (Å²) in [6.07, 6.45) is 20.7. The number of anilines is 5. The van der Waals surface area contributed by atoms with Gasteiger partial charge in [0.2, 0.25) is 39.5 Å². The maximum absolute atomic E-state index is 13.0. The molecule has 15 aromatic rings. The number of nitrogens with zero attached hydrogens (tertiary/aromatic N) is 34. The summed E-state index contributed by atoms with van der Waals surface area (Å²) < 4.78 is 135. The number of morpholine rings is 1. The Morgan fingerprint density at radius 3 is 1.03 bits per heavy atom. The van der Waals surface area contributed by atoms with Gasteiger partial charge in [0, 0.05) is 208 Å². The predicted octanol–water partition coefficient (Wildman–Crippen LogP) is 5.75. The van der Waals surface area contributed by atoms with E-state index in [1.54, 1.807) is 130 Å². The van der Waals surface area contributed by atoms with Gasteiger partial charge in [-0.1, -0.05) is 0 Å². The number of amides is 4. The highest BCUT2D eigenvalue weighted by atomic mass is 32.2. The summed E-state index contributed by atoms with van der Waals surface area (Å²) in [5, 5.41) is 9.31. The number of aliphatic hydroxyl groups excluding tert-OH is 1. The maximum atomic E-state index is 13.0. The molecule has 5 aliphatic heterocycles. The van der Waals surface area contributed by atoms with Crippen molar-refractivity contribution in [2.45, 2.75) is 59.4 Å². The fourth-order valence-corrected chi connectivity index (χ4v) is 15.9. The van der Waals surface area contributed by atoms with E-state index in [1.165, 1.54) is 57.3 Å². The van der Waals surface area contributed by atoms with Crippen LogP contribution in [0.3, 0.4) is 0 Å². The number of alkyl halides is 7. The lowest BCUT2D eigenvalue weighted by Gasteiger charge is -2.34. The van der Waals surface area contributed by atoms with Crippen LogP contribution in [0.2, 0.25) is 0 Å². The molecule has 0 aromatic carbocycles. The van der Waals surface area contributed by atoms with Crippen LogP contribution in [0.25, 0.3) is 85.8 Å². The SMILES string of the molecule is CC(=O)N1CCN(c2ccnc(-c3cnc4cnc(C(F)(F)F)cn34)n2)CC1.CC(=O)N1CCN(c2ccnc(-c3cnc4cnc(C(F)F)cn34)n2)CC1.CC(=O)N1CCN(c2ccnc(-c3cnc4cnc(CO)cn34)n2)CC1.COc1cn2c(-c3nccc(N4CCN(C(C)=O)CC4)n3)cnc2cn1.CS(=O)(=O)NC[C@@H]1CN(c2ccnc(-c3cnc4cnc(C(F)F)cn34)n2)CCO1. The first-order valence-corrected chi connectivity index (χ1v) is 44.8. The molecule has 0 saturated carbocycles. The number of carbonyl (C=O) groups is 4. The van der Waals surface area contributed by atoms with Crippen molar-refractivity contribution in [3.63, 3.8) is 0 Å². The molecule has 0 aliphatic carbocycles. The summed E-state index contributed by atoms with van der Waals surface area (Å²) in [6.45, 7) is 18.5. The summed E-state index contributed by atoms with van der Waals surface area (Å²) in [5.74, 6) is 6.56. The van der Waals surface area contributed by atoms with Gasteiger partial charge >= 0.3 is 6.18 Å². The molecule has 44 nitrogen and oxygen atoms in total. The van der Waals surface area contributed by atoms with Crippen molar-refractivity contribution in [1.82, 2.24) is 146 Å². The Morgan fingerprint density at radius 2 is 0.715 bits per heavy atom. The van der Waals surface area contributed by atoms with E-state index in [2.05, 4.69) is 114 Å². The van der Waals surface area contributed by atoms with E-state index in [9.17, 15) is 63.4 Å². The third-order valence-electron chi connectivity index (χ3n) is 22.7.